The molecule has 0 aromatic heterocycles. The zero-order valence-corrected chi connectivity index (χ0v) is 54.1. The molecule has 0 radical (unpaired) electrons. The number of benzene rings is 1. The van der Waals surface area contributed by atoms with Crippen molar-refractivity contribution in [3.63, 3.8) is 0 Å². The summed E-state index contributed by atoms with van der Waals surface area (Å²) in [5.41, 5.74) is -1.01. The van der Waals surface area contributed by atoms with E-state index in [1.165, 1.54) is 57.8 Å². The zero-order chi connectivity index (χ0) is 63.3. The van der Waals surface area contributed by atoms with E-state index >= 15 is 0 Å². The number of aliphatic carboxylic acids is 1. The lowest BCUT2D eigenvalue weighted by molar-refractivity contribution is -0.159. The number of hydrogen-bond donors (Lipinski definition) is 6. The molecular formula is C62H110N5O17P. The molecule has 490 valence electrons. The summed E-state index contributed by atoms with van der Waals surface area (Å²) in [7, 11) is -3.15. The van der Waals surface area contributed by atoms with E-state index in [4.69, 9.17) is 37.5 Å². The number of carbonyl (C=O) groups is 7. The number of amides is 5. The van der Waals surface area contributed by atoms with E-state index in [-0.39, 0.29) is 115 Å². The van der Waals surface area contributed by atoms with Gasteiger partial charge < -0.3 is 69.2 Å². The van der Waals surface area contributed by atoms with Crippen LogP contribution in [0, 0.1) is 0 Å². The fourth-order valence-corrected chi connectivity index (χ4v) is 11.0. The normalized spacial score (nSPS) is 12.7. The van der Waals surface area contributed by atoms with Crippen LogP contribution in [-0.4, -0.2) is 154 Å². The standard InChI is InChI=1S/C62H110N5O17P/c1-60(2,3)82-58(74)52(66-54(69)34-27-22-20-18-16-14-12-10-11-13-15-17-19-21-23-30-46-85(76,83-61(4,5)6)84-62(7,8)9)35-36-53(68)64-38-40-77-42-45-80-49-56(71)65-39-41-78-43-44-79-48-55(70)63-37-29-28-33-51(57(72)73)67-59(75)81-47-50-31-25-24-26-32-50/h24-26,31-32,51-52H,10-23,27-30,33-49H2,1-9H3,(H,63,70)(H,64,68)(H,65,71)(H,66,69)(H,67,75)(H,72,73)/t51-,52-/m0/s1. The Balaban J connectivity index is 2.06. The lowest BCUT2D eigenvalue weighted by Crippen LogP contribution is -2.44. The lowest BCUT2D eigenvalue weighted by atomic mass is 10.0. The first-order chi connectivity index (χ1) is 40.3. The highest BCUT2D eigenvalue weighted by molar-refractivity contribution is 7.53. The number of rotatable bonds is 51. The summed E-state index contributed by atoms with van der Waals surface area (Å²) in [6, 6.07) is 6.95. The zero-order valence-electron chi connectivity index (χ0n) is 53.2. The molecule has 0 aliphatic heterocycles. The number of nitrogens with one attached hydrogen (secondary N) is 5. The number of carbonyl (C=O) groups excluding carboxylic acids is 6. The molecule has 1 aromatic carbocycles. The van der Waals surface area contributed by atoms with E-state index in [2.05, 4.69) is 26.6 Å². The number of unbranched alkanes of at least 4 members (excludes halogenated alkanes) is 16. The van der Waals surface area contributed by atoms with E-state index < -0.39 is 54.5 Å². The van der Waals surface area contributed by atoms with Crippen LogP contribution in [0.1, 0.15) is 209 Å². The summed E-state index contributed by atoms with van der Waals surface area (Å²) in [6.07, 6.45) is 19.1. The Kier molecular flexibility index (Phi) is 42.8. The van der Waals surface area contributed by atoms with Crippen molar-refractivity contribution in [3.8, 4) is 0 Å². The molecule has 0 bridgehead atoms. The molecule has 23 heteroatoms. The summed E-state index contributed by atoms with van der Waals surface area (Å²) in [4.78, 5) is 86.3. The van der Waals surface area contributed by atoms with Crippen molar-refractivity contribution in [1.29, 1.82) is 0 Å². The Morgan fingerprint density at radius 2 is 0.929 bits per heavy atom. The van der Waals surface area contributed by atoms with Crippen LogP contribution in [0.5, 0.6) is 0 Å². The van der Waals surface area contributed by atoms with Crippen LogP contribution < -0.4 is 26.6 Å². The van der Waals surface area contributed by atoms with Gasteiger partial charge in [-0.2, -0.15) is 0 Å². The van der Waals surface area contributed by atoms with E-state index in [0.717, 1.165) is 50.5 Å². The number of esters is 1. The Morgan fingerprint density at radius 1 is 0.471 bits per heavy atom. The van der Waals surface area contributed by atoms with E-state index in [1.807, 2.05) is 47.6 Å². The highest BCUT2D eigenvalue weighted by Crippen LogP contribution is 2.55. The maximum absolute atomic E-state index is 13.4. The van der Waals surface area contributed by atoms with Crippen molar-refractivity contribution in [3.05, 3.63) is 35.9 Å². The second-order valence-electron chi connectivity index (χ2n) is 24.3. The van der Waals surface area contributed by atoms with Gasteiger partial charge >= 0.3 is 25.6 Å². The van der Waals surface area contributed by atoms with Gasteiger partial charge in [0.15, 0.2) is 0 Å². The lowest BCUT2D eigenvalue weighted by Gasteiger charge is -2.32. The molecule has 1 rings (SSSR count). The van der Waals surface area contributed by atoms with Crippen LogP contribution in [0.2, 0.25) is 0 Å². The van der Waals surface area contributed by atoms with Gasteiger partial charge in [0.05, 0.1) is 57.0 Å². The minimum Gasteiger partial charge on any atom is -0.480 e. The molecule has 6 N–H and O–H groups in total. The number of carboxylic acid groups (broad SMARTS) is 1. The van der Waals surface area contributed by atoms with Crippen LogP contribution in [0.15, 0.2) is 30.3 Å². The summed E-state index contributed by atoms with van der Waals surface area (Å²) >= 11 is 0. The molecule has 0 saturated heterocycles. The van der Waals surface area contributed by atoms with Crippen molar-refractivity contribution in [2.45, 2.75) is 239 Å². The predicted octanol–water partition coefficient (Wildman–Crippen LogP) is 10.0. The second-order valence-corrected chi connectivity index (χ2v) is 26.3. The summed E-state index contributed by atoms with van der Waals surface area (Å²) in [6.45, 7) is 18.3. The van der Waals surface area contributed by atoms with Crippen molar-refractivity contribution in [1.82, 2.24) is 26.6 Å². The number of hydrogen-bond acceptors (Lipinski definition) is 16. The summed E-state index contributed by atoms with van der Waals surface area (Å²) in [5.74, 6) is -2.98. The first kappa shape index (κ1) is 78.3. The highest BCUT2D eigenvalue weighted by atomic mass is 31.2. The predicted molar refractivity (Wildman–Crippen MR) is 327 cm³/mol. The minimum absolute atomic E-state index is 0.00149. The van der Waals surface area contributed by atoms with Gasteiger partial charge in [0.25, 0.3) is 0 Å². The van der Waals surface area contributed by atoms with Crippen molar-refractivity contribution in [2.75, 3.05) is 78.7 Å². The van der Waals surface area contributed by atoms with Gasteiger partial charge in [-0.25, -0.2) is 14.4 Å². The summed E-state index contributed by atoms with van der Waals surface area (Å²) < 4.78 is 57.4. The monoisotopic (exact) mass is 1230 g/mol. The molecule has 0 spiro atoms. The first-order valence-electron chi connectivity index (χ1n) is 31.1. The third-order valence-electron chi connectivity index (χ3n) is 12.5. The summed E-state index contributed by atoms with van der Waals surface area (Å²) in [5, 5.41) is 22.7. The Hall–Kier alpha value is -4.70. The average Bonchev–Trinajstić information content (AvgIpc) is 3.18. The first-order valence-corrected chi connectivity index (χ1v) is 32.8. The third-order valence-corrected chi connectivity index (χ3v) is 15.0. The molecule has 0 aliphatic carbocycles. The maximum Gasteiger partial charge on any atom is 0.408 e. The number of alkyl carbamates (subject to hydrolysis) is 1. The van der Waals surface area contributed by atoms with Gasteiger partial charge in [-0.3, -0.25) is 23.7 Å². The fraction of sp³-hybridized carbons (Fsp3) is 0.790. The molecule has 0 heterocycles. The van der Waals surface area contributed by atoms with Crippen LogP contribution in [0.25, 0.3) is 0 Å². The molecule has 85 heavy (non-hydrogen) atoms. The average molecular weight is 1230 g/mol. The van der Waals surface area contributed by atoms with Crippen LogP contribution >= 0.6 is 7.60 Å². The molecule has 0 aliphatic rings. The quantitative estimate of drug-likeness (QED) is 0.0201. The fourth-order valence-electron chi connectivity index (χ4n) is 8.53. The van der Waals surface area contributed by atoms with Gasteiger partial charge in [0.1, 0.15) is 37.5 Å². The van der Waals surface area contributed by atoms with Crippen molar-refractivity contribution < 1.29 is 80.7 Å². The molecule has 0 fully saturated rings. The molecule has 2 atom stereocenters. The Labute approximate surface area is 508 Å². The number of carboxylic acids is 1. The maximum atomic E-state index is 13.4. The number of ether oxygens (including phenoxy) is 6. The van der Waals surface area contributed by atoms with E-state index in [9.17, 15) is 43.2 Å². The van der Waals surface area contributed by atoms with Crippen molar-refractivity contribution >= 4 is 49.3 Å². The van der Waals surface area contributed by atoms with Gasteiger partial charge in [-0.05, 0) is 106 Å². The second kappa shape index (κ2) is 46.5. The molecule has 22 nitrogen and oxygen atoms in total. The smallest absolute Gasteiger partial charge is 0.408 e. The van der Waals surface area contributed by atoms with E-state index in [1.54, 1.807) is 45.0 Å². The van der Waals surface area contributed by atoms with E-state index in [0.29, 0.717) is 32.0 Å². The molecule has 5 amide bonds. The van der Waals surface area contributed by atoms with Crippen LogP contribution in [0.4, 0.5) is 4.79 Å². The topological polar surface area (TPSA) is 291 Å². The van der Waals surface area contributed by atoms with Gasteiger partial charge in [0.2, 0.25) is 23.6 Å². The third kappa shape index (κ3) is 49.0. The Morgan fingerprint density at radius 3 is 1.41 bits per heavy atom. The largest absolute Gasteiger partial charge is 0.480 e. The molecule has 0 unspecified atom stereocenters. The van der Waals surface area contributed by atoms with Gasteiger partial charge in [0, 0.05) is 32.5 Å². The molecule has 1 aromatic rings. The molecule has 0 saturated carbocycles. The van der Waals surface area contributed by atoms with Crippen molar-refractivity contribution in [2.24, 2.45) is 0 Å². The minimum atomic E-state index is -3.15. The Bertz CT molecular complexity index is 2030. The van der Waals surface area contributed by atoms with Gasteiger partial charge in [-0.15, -0.1) is 0 Å². The van der Waals surface area contributed by atoms with Crippen LogP contribution in [0.3, 0.4) is 0 Å². The highest BCUT2D eigenvalue weighted by Gasteiger charge is 2.35. The van der Waals surface area contributed by atoms with Gasteiger partial charge in [-0.1, -0.05) is 120 Å². The SMILES string of the molecule is CC(C)(C)OC(=O)[C@H](CCC(=O)NCCOCCOCC(=O)NCCOCCOCC(=O)NCCCC[C@H](NC(=O)OCc1ccccc1)C(=O)O)NC(=O)CCCCCCCCCCCCCCCCCCP(=O)(OC(C)(C)C)OC(C)(C)C. The van der Waals surface area contributed by atoms with Crippen LogP contribution in [-0.2, 0) is 77.4 Å². The molecular weight excluding hydrogens is 1120 g/mol.